The van der Waals surface area contributed by atoms with Crippen molar-refractivity contribution in [1.29, 1.82) is 0 Å². The van der Waals surface area contributed by atoms with Gasteiger partial charge in [0.15, 0.2) is 11.5 Å². The van der Waals surface area contributed by atoms with Crippen LogP contribution in [-0.4, -0.2) is 66.0 Å². The largest absolute Gasteiger partial charge is 0.493 e. The maximum absolute atomic E-state index is 12.9. The Kier molecular flexibility index (Phi) is 8.24. The van der Waals surface area contributed by atoms with E-state index in [1.54, 1.807) is 42.0 Å². The molecule has 3 aromatic rings. The average Bonchev–Trinajstić information content (AvgIpc) is 3.57. The number of nitrogens with zero attached hydrogens (tertiary/aromatic N) is 2. The van der Waals surface area contributed by atoms with Crippen molar-refractivity contribution in [3.63, 3.8) is 0 Å². The van der Waals surface area contributed by atoms with E-state index in [4.69, 9.17) is 9.47 Å². The molecule has 196 valence electrons. The Morgan fingerprint density at radius 3 is 2.63 bits per heavy atom. The highest BCUT2D eigenvalue weighted by Gasteiger charge is 2.37. The van der Waals surface area contributed by atoms with E-state index >= 15 is 0 Å². The van der Waals surface area contributed by atoms with E-state index < -0.39 is 11.1 Å². The molecule has 2 fully saturated rings. The molecule has 2 heterocycles. The monoisotopic (exact) mass is 548 g/mol. The van der Waals surface area contributed by atoms with Gasteiger partial charge in [0, 0.05) is 23.7 Å². The Hall–Kier alpha value is -3.43. The van der Waals surface area contributed by atoms with Crippen LogP contribution in [0.15, 0.2) is 70.5 Å². The topological polar surface area (TPSA) is 76.2 Å². The highest BCUT2D eigenvalue weighted by atomic mass is 32.2. The average molecular weight is 549 g/mol. The molecular weight excluding hydrogens is 520 g/mol. The molecule has 0 N–H and O–H groups in total. The molecule has 0 aromatic heterocycles. The Morgan fingerprint density at radius 1 is 1.03 bits per heavy atom. The van der Waals surface area contributed by atoms with E-state index in [0.29, 0.717) is 36.8 Å². The first-order valence-electron chi connectivity index (χ1n) is 12.5. The number of hydrogen-bond donors (Lipinski definition) is 0. The molecule has 0 unspecified atom stereocenters. The van der Waals surface area contributed by atoms with E-state index in [1.807, 2.05) is 18.2 Å². The Morgan fingerprint density at radius 2 is 1.82 bits per heavy atom. The smallest absolute Gasteiger partial charge is 0.294 e. The van der Waals surface area contributed by atoms with Gasteiger partial charge in [0.25, 0.3) is 11.1 Å². The van der Waals surface area contributed by atoms with Crippen molar-refractivity contribution in [2.24, 2.45) is 0 Å². The summed E-state index contributed by atoms with van der Waals surface area (Å²) in [7, 11) is 1.56. The molecule has 0 radical (unpaired) electrons. The second-order valence-electron chi connectivity index (χ2n) is 8.94. The maximum Gasteiger partial charge on any atom is 0.294 e. The van der Waals surface area contributed by atoms with Crippen LogP contribution in [0.1, 0.15) is 18.4 Å². The first kappa shape index (κ1) is 26.2. The SMILES string of the molecule is COc1cc(/C=C2\SC(=O)N(CC(=O)N3CCCC3)C2=O)ccc1OCCSc1cccc2ccccc12. The standard InChI is InChI=1S/C29H28N2O5S2/c1-35-24-17-20(18-26-28(33)31(29(34)38-26)19-27(32)30-13-4-5-14-30)11-12-23(24)36-15-16-37-25-10-6-8-21-7-2-3-9-22(21)25/h2-3,6-12,17-18H,4-5,13-16,19H2,1H3/b26-18-. The lowest BCUT2D eigenvalue weighted by atomic mass is 10.1. The lowest BCUT2D eigenvalue weighted by molar-refractivity contribution is -0.135. The molecule has 0 bridgehead atoms. The predicted molar refractivity (Wildman–Crippen MR) is 152 cm³/mol. The van der Waals surface area contributed by atoms with Crippen molar-refractivity contribution in [3.8, 4) is 11.5 Å². The lowest BCUT2D eigenvalue weighted by Gasteiger charge is -2.18. The number of hydrogen-bond acceptors (Lipinski definition) is 7. The first-order chi connectivity index (χ1) is 18.5. The minimum absolute atomic E-state index is 0.187. The normalized spacial score (nSPS) is 16.6. The van der Waals surface area contributed by atoms with Gasteiger partial charge in [0.05, 0.1) is 18.6 Å². The zero-order valence-corrected chi connectivity index (χ0v) is 22.7. The molecule has 3 amide bonds. The van der Waals surface area contributed by atoms with Crippen LogP contribution in [0, 0.1) is 0 Å². The number of thioether (sulfide) groups is 2. The van der Waals surface area contributed by atoms with Crippen LogP contribution in [0.2, 0.25) is 0 Å². The minimum atomic E-state index is -0.447. The van der Waals surface area contributed by atoms with Gasteiger partial charge in [-0.3, -0.25) is 19.3 Å². The fourth-order valence-corrected chi connectivity index (χ4v) is 6.25. The van der Waals surface area contributed by atoms with Gasteiger partial charge in [-0.15, -0.1) is 11.8 Å². The van der Waals surface area contributed by atoms with Crippen LogP contribution in [0.5, 0.6) is 11.5 Å². The second kappa shape index (κ2) is 12.0. The predicted octanol–water partition coefficient (Wildman–Crippen LogP) is 5.68. The van der Waals surface area contributed by atoms with E-state index in [1.165, 1.54) is 15.7 Å². The third-order valence-corrected chi connectivity index (χ3v) is 8.40. The van der Waals surface area contributed by atoms with Gasteiger partial charge >= 0.3 is 0 Å². The molecule has 3 aromatic carbocycles. The van der Waals surface area contributed by atoms with E-state index in [-0.39, 0.29) is 17.4 Å². The number of carbonyl (C=O) groups excluding carboxylic acids is 3. The molecule has 2 aliphatic rings. The molecule has 9 heteroatoms. The third-order valence-electron chi connectivity index (χ3n) is 6.46. The van der Waals surface area contributed by atoms with Crippen LogP contribution >= 0.6 is 23.5 Å². The number of rotatable bonds is 9. The molecule has 2 saturated heterocycles. The van der Waals surface area contributed by atoms with Crippen molar-refractivity contribution in [1.82, 2.24) is 9.80 Å². The van der Waals surface area contributed by atoms with Gasteiger partial charge in [0.1, 0.15) is 6.54 Å². The van der Waals surface area contributed by atoms with Crippen molar-refractivity contribution in [2.45, 2.75) is 17.7 Å². The number of amides is 3. The van der Waals surface area contributed by atoms with Crippen LogP contribution in [-0.2, 0) is 9.59 Å². The molecule has 2 aliphatic heterocycles. The molecule has 38 heavy (non-hydrogen) atoms. The Bertz CT molecular complexity index is 1400. The van der Waals surface area contributed by atoms with Crippen molar-refractivity contribution in [3.05, 3.63) is 71.1 Å². The van der Waals surface area contributed by atoms with E-state index in [0.717, 1.165) is 35.3 Å². The molecule has 7 nitrogen and oxygen atoms in total. The first-order valence-corrected chi connectivity index (χ1v) is 14.3. The molecule has 0 atom stereocenters. The summed E-state index contributed by atoms with van der Waals surface area (Å²) in [4.78, 5) is 42.0. The van der Waals surface area contributed by atoms with Gasteiger partial charge in [-0.1, -0.05) is 42.5 Å². The van der Waals surface area contributed by atoms with Gasteiger partial charge in [0.2, 0.25) is 5.91 Å². The number of carbonyl (C=O) groups is 3. The molecular formula is C29H28N2O5S2. The molecule has 0 aliphatic carbocycles. The van der Waals surface area contributed by atoms with Crippen molar-refractivity contribution < 1.29 is 23.9 Å². The second-order valence-corrected chi connectivity index (χ2v) is 11.1. The summed E-state index contributed by atoms with van der Waals surface area (Å²) in [5.41, 5.74) is 0.704. The van der Waals surface area contributed by atoms with Crippen LogP contribution in [0.3, 0.4) is 0 Å². The summed E-state index contributed by atoms with van der Waals surface area (Å²) in [5, 5.41) is 2.02. The van der Waals surface area contributed by atoms with Crippen LogP contribution in [0.25, 0.3) is 16.8 Å². The molecule has 5 rings (SSSR count). The number of methoxy groups -OCH3 is 1. The van der Waals surface area contributed by atoms with Crippen LogP contribution < -0.4 is 9.47 Å². The lowest BCUT2D eigenvalue weighted by Crippen LogP contribution is -2.40. The van der Waals surface area contributed by atoms with Crippen molar-refractivity contribution >= 4 is 57.4 Å². The summed E-state index contributed by atoms with van der Waals surface area (Å²) in [5.74, 6) is 1.28. The highest BCUT2D eigenvalue weighted by Crippen LogP contribution is 2.35. The Balaban J connectivity index is 1.20. The van der Waals surface area contributed by atoms with Gasteiger partial charge in [-0.05, 0) is 65.2 Å². The zero-order chi connectivity index (χ0) is 26.5. The summed E-state index contributed by atoms with van der Waals surface area (Å²) >= 11 is 2.59. The third kappa shape index (κ3) is 5.84. The van der Waals surface area contributed by atoms with E-state index in [2.05, 4.69) is 30.3 Å². The van der Waals surface area contributed by atoms with Gasteiger partial charge in [-0.25, -0.2) is 0 Å². The number of ether oxygens (including phenoxy) is 2. The Labute approximate surface area is 230 Å². The highest BCUT2D eigenvalue weighted by molar-refractivity contribution is 8.18. The number of likely N-dealkylation sites (tertiary alicyclic amines) is 1. The summed E-state index contributed by atoms with van der Waals surface area (Å²) in [6.07, 6.45) is 3.56. The number of imide groups is 1. The molecule has 0 spiro atoms. The van der Waals surface area contributed by atoms with Crippen molar-refractivity contribution in [2.75, 3.05) is 39.1 Å². The van der Waals surface area contributed by atoms with Gasteiger partial charge < -0.3 is 14.4 Å². The van der Waals surface area contributed by atoms with Gasteiger partial charge in [-0.2, -0.15) is 0 Å². The fourth-order valence-electron chi connectivity index (χ4n) is 4.51. The number of benzene rings is 3. The summed E-state index contributed by atoms with van der Waals surface area (Å²) < 4.78 is 11.5. The zero-order valence-electron chi connectivity index (χ0n) is 21.1. The summed E-state index contributed by atoms with van der Waals surface area (Å²) in [6, 6.07) is 20.0. The molecule has 0 saturated carbocycles. The van der Waals surface area contributed by atoms with Crippen LogP contribution in [0.4, 0.5) is 4.79 Å². The fraction of sp³-hybridized carbons (Fsp3) is 0.276. The maximum atomic E-state index is 12.9. The van der Waals surface area contributed by atoms with E-state index in [9.17, 15) is 14.4 Å². The minimum Gasteiger partial charge on any atom is -0.493 e. The summed E-state index contributed by atoms with van der Waals surface area (Å²) in [6.45, 7) is 1.64. The quantitative estimate of drug-likeness (QED) is 0.194. The number of fused-ring (bicyclic) bond motifs is 1.